The van der Waals surface area contributed by atoms with Crippen molar-refractivity contribution in [2.24, 2.45) is 0 Å². The van der Waals surface area contributed by atoms with Crippen LogP contribution in [0.5, 0.6) is 17.2 Å². The number of phenols is 1. The molecule has 2 N–H and O–H groups in total. The second-order valence-corrected chi connectivity index (χ2v) is 9.58. The molecule has 188 valence electrons. The van der Waals surface area contributed by atoms with Gasteiger partial charge in [-0.3, -0.25) is 14.4 Å². The Balaban J connectivity index is 2.02. The summed E-state index contributed by atoms with van der Waals surface area (Å²) < 4.78 is 17.0. The summed E-state index contributed by atoms with van der Waals surface area (Å²) in [7, 11) is 2.81. The summed E-state index contributed by atoms with van der Waals surface area (Å²) in [4.78, 5) is 37.7. The number of esters is 1. The van der Waals surface area contributed by atoms with Crippen molar-refractivity contribution in [2.45, 2.75) is 44.8 Å². The lowest BCUT2D eigenvalue weighted by molar-refractivity contribution is -0.146. The molecule has 1 heterocycles. The van der Waals surface area contributed by atoms with Gasteiger partial charge in [-0.25, -0.2) is 0 Å². The largest absolute Gasteiger partial charge is 0.507 e. The Bertz CT molecular complexity index is 1150. The molecule has 35 heavy (non-hydrogen) atoms. The van der Waals surface area contributed by atoms with Gasteiger partial charge in [-0.05, 0) is 38.1 Å². The predicted octanol–water partition coefficient (Wildman–Crippen LogP) is 4.68. The van der Waals surface area contributed by atoms with Crippen molar-refractivity contribution in [1.29, 1.82) is 0 Å². The number of hydrogen-bond acceptors (Lipinski definition) is 8. The molecule has 3 atom stereocenters. The van der Waals surface area contributed by atoms with Crippen LogP contribution < -0.4 is 14.8 Å². The third kappa shape index (κ3) is 5.79. The molecule has 1 saturated heterocycles. The van der Waals surface area contributed by atoms with Gasteiger partial charge in [-0.15, -0.1) is 0 Å². The van der Waals surface area contributed by atoms with E-state index < -0.39 is 30.1 Å². The number of Topliss-reactive ketones (excluding diaryl/α,β-unsaturated/α-hetero) is 2. The van der Waals surface area contributed by atoms with Gasteiger partial charge in [0.2, 0.25) is 0 Å². The van der Waals surface area contributed by atoms with E-state index in [1.54, 1.807) is 19.1 Å². The average molecular weight is 569 g/mol. The Labute approximate surface area is 217 Å². The van der Waals surface area contributed by atoms with Crippen LogP contribution in [0.25, 0.3) is 0 Å². The van der Waals surface area contributed by atoms with Crippen LogP contribution in [0.1, 0.15) is 58.9 Å². The molecular formula is C25H27BrClNO7. The SMILES string of the molecule is COc1cc(OC)c(C2CCNC2C(C)OC(C)=O)c(O)c1C(=O)CC(=O)c1ccc(Br)cc1Cl. The zero-order valence-electron chi connectivity index (χ0n) is 19.8. The number of carbonyl (C=O) groups is 3. The minimum atomic E-state index is -0.622. The number of hydrogen-bond donors (Lipinski definition) is 2. The van der Waals surface area contributed by atoms with E-state index in [-0.39, 0.29) is 39.6 Å². The first-order valence-corrected chi connectivity index (χ1v) is 12.2. The molecule has 3 unspecified atom stereocenters. The smallest absolute Gasteiger partial charge is 0.302 e. The Morgan fingerprint density at radius 1 is 1.17 bits per heavy atom. The van der Waals surface area contributed by atoms with Crippen molar-refractivity contribution < 1.29 is 33.7 Å². The fourth-order valence-corrected chi connectivity index (χ4v) is 5.30. The fourth-order valence-electron chi connectivity index (χ4n) is 4.52. The maximum atomic E-state index is 13.3. The molecule has 3 rings (SSSR count). The number of ether oxygens (including phenoxy) is 3. The third-order valence-corrected chi connectivity index (χ3v) is 6.84. The summed E-state index contributed by atoms with van der Waals surface area (Å²) >= 11 is 9.47. The molecule has 8 nitrogen and oxygen atoms in total. The van der Waals surface area contributed by atoms with E-state index in [2.05, 4.69) is 21.2 Å². The number of carbonyl (C=O) groups excluding carboxylic acids is 3. The van der Waals surface area contributed by atoms with Crippen LogP contribution >= 0.6 is 27.5 Å². The van der Waals surface area contributed by atoms with Gasteiger partial charge in [0, 0.05) is 34.5 Å². The maximum Gasteiger partial charge on any atom is 0.302 e. The zero-order valence-corrected chi connectivity index (χ0v) is 22.2. The van der Waals surface area contributed by atoms with Crippen LogP contribution in [-0.2, 0) is 9.53 Å². The van der Waals surface area contributed by atoms with Crippen LogP contribution in [0.15, 0.2) is 28.7 Å². The lowest BCUT2D eigenvalue weighted by Gasteiger charge is -2.28. The first kappa shape index (κ1) is 27.0. The maximum absolute atomic E-state index is 13.3. The highest BCUT2D eigenvalue weighted by atomic mass is 79.9. The van der Waals surface area contributed by atoms with Gasteiger partial charge in [0.15, 0.2) is 11.6 Å². The molecule has 10 heteroatoms. The predicted molar refractivity (Wildman–Crippen MR) is 134 cm³/mol. The first-order chi connectivity index (χ1) is 16.6. The number of halogens is 2. The van der Waals surface area contributed by atoms with Gasteiger partial charge < -0.3 is 24.6 Å². The summed E-state index contributed by atoms with van der Waals surface area (Å²) in [6.45, 7) is 3.70. The Morgan fingerprint density at radius 2 is 1.86 bits per heavy atom. The van der Waals surface area contributed by atoms with E-state index in [1.165, 1.54) is 33.3 Å². The third-order valence-electron chi connectivity index (χ3n) is 6.03. The highest BCUT2D eigenvalue weighted by Gasteiger charge is 2.39. The molecular weight excluding hydrogens is 542 g/mol. The molecule has 1 aliphatic heterocycles. The van der Waals surface area contributed by atoms with E-state index in [4.69, 9.17) is 25.8 Å². The van der Waals surface area contributed by atoms with E-state index in [0.717, 1.165) is 0 Å². The summed E-state index contributed by atoms with van der Waals surface area (Å²) in [5, 5.41) is 14.8. The normalized spacial score (nSPS) is 18.1. The van der Waals surface area contributed by atoms with Crippen LogP contribution in [0, 0.1) is 0 Å². The minimum absolute atomic E-state index is 0.0818. The topological polar surface area (TPSA) is 111 Å². The molecule has 0 aromatic heterocycles. The Kier molecular flexibility index (Phi) is 8.79. The summed E-state index contributed by atoms with van der Waals surface area (Å²) in [5.41, 5.74) is 0.473. The van der Waals surface area contributed by atoms with E-state index in [1.807, 2.05) is 0 Å². The number of ketones is 2. The molecule has 0 spiro atoms. The van der Waals surface area contributed by atoms with Gasteiger partial charge in [0.25, 0.3) is 0 Å². The highest BCUT2D eigenvalue weighted by Crippen LogP contribution is 2.47. The van der Waals surface area contributed by atoms with Crippen molar-refractivity contribution in [2.75, 3.05) is 20.8 Å². The lowest BCUT2D eigenvalue weighted by Crippen LogP contribution is -2.39. The molecule has 2 aromatic carbocycles. The van der Waals surface area contributed by atoms with Gasteiger partial charge in [-0.1, -0.05) is 27.5 Å². The summed E-state index contributed by atoms with van der Waals surface area (Å²) in [6, 6.07) is 5.96. The zero-order chi connectivity index (χ0) is 25.9. The van der Waals surface area contributed by atoms with Crippen molar-refractivity contribution in [3.63, 3.8) is 0 Å². The Hall–Kier alpha value is -2.62. The molecule has 0 saturated carbocycles. The van der Waals surface area contributed by atoms with E-state index in [9.17, 15) is 19.5 Å². The van der Waals surface area contributed by atoms with Crippen molar-refractivity contribution in [1.82, 2.24) is 5.32 Å². The Morgan fingerprint density at radius 3 is 2.46 bits per heavy atom. The fraction of sp³-hybridized carbons (Fsp3) is 0.400. The average Bonchev–Trinajstić information content (AvgIpc) is 3.27. The second kappa shape index (κ2) is 11.4. The summed E-state index contributed by atoms with van der Waals surface area (Å²) in [5.74, 6) is -1.77. The quantitative estimate of drug-likeness (QED) is 0.255. The van der Waals surface area contributed by atoms with E-state index >= 15 is 0 Å². The first-order valence-electron chi connectivity index (χ1n) is 11.0. The van der Waals surface area contributed by atoms with Gasteiger partial charge in [-0.2, -0.15) is 0 Å². The van der Waals surface area contributed by atoms with Crippen LogP contribution in [-0.4, -0.2) is 55.6 Å². The minimum Gasteiger partial charge on any atom is -0.507 e. The highest BCUT2D eigenvalue weighted by molar-refractivity contribution is 9.10. The van der Waals surface area contributed by atoms with Crippen molar-refractivity contribution >= 4 is 45.1 Å². The number of benzene rings is 2. The molecule has 2 aromatic rings. The van der Waals surface area contributed by atoms with Crippen LogP contribution in [0.3, 0.4) is 0 Å². The van der Waals surface area contributed by atoms with E-state index in [0.29, 0.717) is 28.8 Å². The van der Waals surface area contributed by atoms with Gasteiger partial charge >= 0.3 is 5.97 Å². The number of nitrogens with one attached hydrogen (secondary N) is 1. The van der Waals surface area contributed by atoms with Gasteiger partial charge in [0.05, 0.1) is 31.7 Å². The van der Waals surface area contributed by atoms with Gasteiger partial charge in [0.1, 0.15) is 28.9 Å². The summed E-state index contributed by atoms with van der Waals surface area (Å²) in [6.07, 6.45) is -0.410. The lowest BCUT2D eigenvalue weighted by atomic mass is 9.85. The molecule has 1 fully saturated rings. The standard InChI is InChI=1S/C25H27BrClNO7/c1-12(35-13(2)29)24-16(7-8-28-24)22-20(33-3)11-21(34-4)23(25(22)32)19(31)10-18(30)15-6-5-14(26)9-17(15)27/h5-6,9,11-12,16,24,28,32H,7-8,10H2,1-4H3. The number of phenolic OH excluding ortho intramolecular Hbond substituents is 1. The van der Waals surface area contributed by atoms with Crippen LogP contribution in [0.2, 0.25) is 5.02 Å². The molecule has 1 aliphatic rings. The number of aromatic hydroxyl groups is 1. The number of rotatable bonds is 9. The monoisotopic (exact) mass is 567 g/mol. The molecule has 0 bridgehead atoms. The molecule has 0 radical (unpaired) electrons. The second-order valence-electron chi connectivity index (χ2n) is 8.26. The number of methoxy groups -OCH3 is 2. The van der Waals surface area contributed by atoms with Crippen LogP contribution in [0.4, 0.5) is 0 Å². The van der Waals surface area contributed by atoms with Crippen molar-refractivity contribution in [3.8, 4) is 17.2 Å². The van der Waals surface area contributed by atoms with Crippen molar-refractivity contribution in [3.05, 3.63) is 50.5 Å². The molecule has 0 amide bonds. The molecule has 0 aliphatic carbocycles.